The van der Waals surface area contributed by atoms with Gasteiger partial charge in [-0.2, -0.15) is 0 Å². The molecule has 16 nitrogen and oxygen atoms in total. The molecular formula is C32H50N4O12. The quantitative estimate of drug-likeness (QED) is 0.220. The molecule has 16 heteroatoms. The van der Waals surface area contributed by atoms with Crippen LogP contribution in [0, 0.1) is 11.8 Å². The molecule has 2 N–H and O–H groups in total. The van der Waals surface area contributed by atoms with E-state index in [1.807, 2.05) is 13.8 Å². The molecular weight excluding hydrogens is 632 g/mol. The van der Waals surface area contributed by atoms with E-state index in [0.717, 1.165) is 14.7 Å². The molecule has 2 aliphatic rings. The second kappa shape index (κ2) is 17.9. The van der Waals surface area contributed by atoms with Crippen molar-refractivity contribution in [3.8, 4) is 0 Å². The van der Waals surface area contributed by atoms with Crippen LogP contribution < -0.4 is 5.32 Å². The molecule has 0 aromatic heterocycles. The molecule has 4 amide bonds. The minimum atomic E-state index is -2.24. The van der Waals surface area contributed by atoms with E-state index in [-0.39, 0.29) is 37.6 Å². The molecule has 0 aromatic carbocycles. The summed E-state index contributed by atoms with van der Waals surface area (Å²) in [5.74, 6) is -7.50. The van der Waals surface area contributed by atoms with E-state index in [9.17, 15) is 43.5 Å². The molecule has 270 valence electrons. The molecule has 2 heterocycles. The third-order valence-corrected chi connectivity index (χ3v) is 8.34. The number of ether oxygens (including phenoxy) is 3. The molecule has 6 unspecified atom stereocenters. The third-order valence-electron chi connectivity index (χ3n) is 8.34. The number of carbonyl (C=O) groups excluding carboxylic acids is 8. The Morgan fingerprint density at radius 3 is 1.79 bits per heavy atom. The van der Waals surface area contributed by atoms with E-state index in [4.69, 9.17) is 14.2 Å². The van der Waals surface area contributed by atoms with Crippen LogP contribution in [0.15, 0.2) is 0 Å². The Balaban J connectivity index is 2.46. The molecule has 0 radical (unpaired) electrons. The molecule has 48 heavy (non-hydrogen) atoms. The van der Waals surface area contributed by atoms with Crippen molar-refractivity contribution in [1.82, 2.24) is 20.0 Å². The average molecular weight is 683 g/mol. The van der Waals surface area contributed by atoms with Crippen LogP contribution >= 0.6 is 0 Å². The maximum absolute atomic E-state index is 13.2. The monoisotopic (exact) mass is 682 g/mol. The summed E-state index contributed by atoms with van der Waals surface area (Å²) in [4.78, 5) is 108. The maximum Gasteiger partial charge on any atom is 0.329 e. The molecule has 0 aromatic rings. The lowest BCUT2D eigenvalue weighted by Gasteiger charge is -2.35. The smallest absolute Gasteiger partial charge is 0.329 e. The number of fused-ring (bicyclic) bond motifs is 1. The standard InChI is InChI=1S/C32H50N4O12/c1-17(2)13-22-31(44)47-16-25(38)35(8)23(14-18(3)4)32(45)48-20(6)28(41)33-19(5)26(39)27(40)29(42)36-12-10-9-11-21(36)30(43)46-15-24(37)34(22)7/h17-23,27,40H,9-16H2,1-8H3,(H,33,41). The van der Waals surface area contributed by atoms with E-state index in [1.165, 1.54) is 27.9 Å². The van der Waals surface area contributed by atoms with Gasteiger partial charge in [0.1, 0.15) is 18.1 Å². The first-order valence-corrected chi connectivity index (χ1v) is 16.2. The van der Waals surface area contributed by atoms with Gasteiger partial charge >= 0.3 is 17.9 Å². The van der Waals surface area contributed by atoms with Crippen molar-refractivity contribution < 1.29 is 57.7 Å². The number of ketones is 1. The van der Waals surface area contributed by atoms with Crippen LogP contribution in [0.3, 0.4) is 0 Å². The van der Waals surface area contributed by atoms with Gasteiger partial charge in [-0.1, -0.05) is 27.7 Å². The lowest BCUT2D eigenvalue weighted by atomic mass is 9.99. The number of amides is 4. The van der Waals surface area contributed by atoms with Gasteiger partial charge in [0.25, 0.3) is 23.6 Å². The Morgan fingerprint density at radius 1 is 0.771 bits per heavy atom. The zero-order chi connectivity index (χ0) is 36.5. The predicted octanol–water partition coefficient (Wildman–Crippen LogP) is -0.420. The highest BCUT2D eigenvalue weighted by molar-refractivity contribution is 6.08. The Bertz CT molecular complexity index is 1240. The lowest BCUT2D eigenvalue weighted by molar-refractivity contribution is -0.167. The number of aliphatic hydroxyl groups is 1. The summed E-state index contributed by atoms with van der Waals surface area (Å²) in [6.07, 6.45) is -2.25. The van der Waals surface area contributed by atoms with Gasteiger partial charge in [0.15, 0.2) is 31.2 Å². The largest absolute Gasteiger partial charge is 0.454 e. The number of aliphatic hydroxyl groups excluding tert-OH is 1. The van der Waals surface area contributed by atoms with Crippen LogP contribution in [0.25, 0.3) is 0 Å². The minimum absolute atomic E-state index is 0.0253. The Hall–Kier alpha value is -4.08. The van der Waals surface area contributed by atoms with Crippen molar-refractivity contribution in [2.45, 2.75) is 110 Å². The third kappa shape index (κ3) is 10.7. The highest BCUT2D eigenvalue weighted by Crippen LogP contribution is 2.21. The Kier molecular flexibility index (Phi) is 14.9. The first-order valence-electron chi connectivity index (χ1n) is 16.2. The lowest BCUT2D eigenvalue weighted by Crippen LogP contribution is -2.56. The van der Waals surface area contributed by atoms with E-state index >= 15 is 0 Å². The van der Waals surface area contributed by atoms with Crippen LogP contribution in [0.4, 0.5) is 0 Å². The fourth-order valence-electron chi connectivity index (χ4n) is 5.39. The average Bonchev–Trinajstić information content (AvgIpc) is 3.04. The topological polar surface area (TPSA) is 206 Å². The van der Waals surface area contributed by atoms with Crippen molar-refractivity contribution in [3.05, 3.63) is 0 Å². The van der Waals surface area contributed by atoms with E-state index in [1.54, 1.807) is 13.8 Å². The second-order valence-electron chi connectivity index (χ2n) is 13.2. The fourth-order valence-corrected chi connectivity index (χ4v) is 5.39. The molecule has 0 spiro atoms. The second-order valence-corrected chi connectivity index (χ2v) is 13.2. The zero-order valence-electron chi connectivity index (χ0n) is 29.1. The number of rotatable bonds is 4. The van der Waals surface area contributed by atoms with Gasteiger partial charge in [-0.05, 0) is 57.8 Å². The molecule has 0 saturated carbocycles. The van der Waals surface area contributed by atoms with Gasteiger partial charge in [0, 0.05) is 20.6 Å². The number of carbonyl (C=O) groups is 8. The summed E-state index contributed by atoms with van der Waals surface area (Å²) in [5, 5.41) is 13.0. The summed E-state index contributed by atoms with van der Waals surface area (Å²) in [7, 11) is 2.64. The number of piperidine rings is 1. The highest BCUT2D eigenvalue weighted by Gasteiger charge is 2.41. The van der Waals surface area contributed by atoms with E-state index in [2.05, 4.69) is 5.32 Å². The van der Waals surface area contributed by atoms with Crippen molar-refractivity contribution in [1.29, 1.82) is 0 Å². The molecule has 2 rings (SSSR count). The number of hydrogen-bond donors (Lipinski definition) is 2. The maximum atomic E-state index is 13.2. The van der Waals surface area contributed by atoms with Gasteiger partial charge in [0.2, 0.25) is 0 Å². The van der Waals surface area contributed by atoms with Gasteiger partial charge in [-0.15, -0.1) is 0 Å². The summed E-state index contributed by atoms with van der Waals surface area (Å²) in [6, 6.07) is -4.92. The zero-order valence-corrected chi connectivity index (χ0v) is 29.1. The summed E-state index contributed by atoms with van der Waals surface area (Å²) in [5.41, 5.74) is 0. The van der Waals surface area contributed by atoms with Gasteiger partial charge in [0.05, 0.1) is 6.04 Å². The summed E-state index contributed by atoms with van der Waals surface area (Å²) < 4.78 is 15.9. The van der Waals surface area contributed by atoms with Crippen molar-refractivity contribution in [2.24, 2.45) is 11.8 Å². The molecule has 2 aliphatic heterocycles. The van der Waals surface area contributed by atoms with Crippen molar-refractivity contribution in [2.75, 3.05) is 33.9 Å². The number of Topliss-reactive ketones (excluding diaryl/α,β-unsaturated/α-hetero) is 1. The summed E-state index contributed by atoms with van der Waals surface area (Å²) in [6.45, 7) is 8.21. The molecule has 0 bridgehead atoms. The Labute approximate surface area is 280 Å². The molecule has 2 saturated heterocycles. The molecule has 2 fully saturated rings. The number of hydrogen-bond acceptors (Lipinski definition) is 12. The normalized spacial score (nSPS) is 28.6. The first kappa shape index (κ1) is 40.1. The minimum Gasteiger partial charge on any atom is -0.454 e. The van der Waals surface area contributed by atoms with Crippen LogP contribution in [-0.4, -0.2) is 137 Å². The number of cyclic esters (lactones) is 3. The van der Waals surface area contributed by atoms with Crippen LogP contribution in [-0.2, 0) is 52.6 Å². The van der Waals surface area contributed by atoms with Crippen molar-refractivity contribution in [3.63, 3.8) is 0 Å². The van der Waals surface area contributed by atoms with E-state index in [0.29, 0.717) is 12.8 Å². The van der Waals surface area contributed by atoms with E-state index < -0.39 is 96.9 Å². The molecule has 6 atom stereocenters. The van der Waals surface area contributed by atoms with Crippen LogP contribution in [0.2, 0.25) is 0 Å². The Morgan fingerprint density at radius 2 is 1.27 bits per heavy atom. The number of nitrogens with one attached hydrogen (secondary N) is 1. The molecule has 0 aliphatic carbocycles. The number of nitrogens with zero attached hydrogens (tertiary/aromatic N) is 3. The van der Waals surface area contributed by atoms with Gasteiger partial charge in [-0.25, -0.2) is 14.4 Å². The predicted molar refractivity (Wildman–Crippen MR) is 167 cm³/mol. The van der Waals surface area contributed by atoms with Gasteiger partial charge in [-0.3, -0.25) is 24.0 Å². The summed E-state index contributed by atoms with van der Waals surface area (Å²) >= 11 is 0. The van der Waals surface area contributed by atoms with Crippen LogP contribution in [0.5, 0.6) is 0 Å². The van der Waals surface area contributed by atoms with Crippen molar-refractivity contribution >= 4 is 47.3 Å². The van der Waals surface area contributed by atoms with Crippen LogP contribution in [0.1, 0.15) is 73.6 Å². The fraction of sp³-hybridized carbons (Fsp3) is 0.750. The highest BCUT2D eigenvalue weighted by atomic mass is 16.6. The first-order chi connectivity index (χ1) is 22.4. The number of esters is 3. The SMILES string of the molecule is CC(C)CC1C(=O)OCC(=O)N(C)C(CC(C)C)C(=O)OC(C)C(=O)NC(C)C(=O)C(O)C(=O)N2CCCCC2C(=O)OCC(=O)N1C. The number of likely N-dealkylation sites (N-methyl/N-ethyl adjacent to an activating group) is 2. The van der Waals surface area contributed by atoms with Gasteiger partial charge < -0.3 is 39.3 Å².